The van der Waals surface area contributed by atoms with Gasteiger partial charge >= 0.3 is 0 Å². The first kappa shape index (κ1) is 15.0. The van der Waals surface area contributed by atoms with Crippen LogP contribution in [-0.4, -0.2) is 36.3 Å². The second kappa shape index (κ2) is 6.85. The molecule has 0 atom stereocenters. The van der Waals surface area contributed by atoms with Gasteiger partial charge in [-0.05, 0) is 50.8 Å². The molecule has 2 amide bonds. The summed E-state index contributed by atoms with van der Waals surface area (Å²) in [5.74, 6) is -0.00281. The Morgan fingerprint density at radius 2 is 2.00 bits per heavy atom. The van der Waals surface area contributed by atoms with E-state index in [2.05, 4.69) is 37.2 Å². The topological polar surface area (TPSA) is 49.4 Å². The fourth-order valence-electron chi connectivity index (χ4n) is 1.95. The molecule has 1 aromatic heterocycles. The Morgan fingerprint density at radius 1 is 1.32 bits per heavy atom. The minimum atomic E-state index is -0.134. The van der Waals surface area contributed by atoms with Crippen LogP contribution in [0.4, 0.5) is 0 Å². The number of nitrogens with one attached hydrogen (secondary N) is 1. The van der Waals surface area contributed by atoms with Gasteiger partial charge in [0.05, 0.1) is 8.66 Å². The minimum Gasteiger partial charge on any atom is -0.351 e. The van der Waals surface area contributed by atoms with Gasteiger partial charge in [0.25, 0.3) is 5.91 Å². The Balaban J connectivity index is 1.76. The Kier molecular flexibility index (Phi) is 5.41. The third-order valence-corrected chi connectivity index (χ3v) is 6.21. The largest absolute Gasteiger partial charge is 0.351 e. The molecule has 1 N–H and O–H groups in total. The summed E-state index contributed by atoms with van der Waals surface area (Å²) in [5, 5.41) is 2.78. The van der Waals surface area contributed by atoms with Gasteiger partial charge < -0.3 is 10.2 Å². The lowest BCUT2D eigenvalue weighted by atomic mass is 10.3. The molecule has 7 heteroatoms. The first-order valence-corrected chi connectivity index (χ1v) is 8.49. The normalized spacial score (nSPS) is 14.7. The maximum absolute atomic E-state index is 11.8. The molecule has 104 valence electrons. The van der Waals surface area contributed by atoms with Gasteiger partial charge in [-0.3, -0.25) is 9.59 Å². The molecule has 1 aliphatic heterocycles. The van der Waals surface area contributed by atoms with E-state index in [1.165, 1.54) is 11.3 Å². The van der Waals surface area contributed by atoms with E-state index in [-0.39, 0.29) is 11.8 Å². The number of nitrogens with zero attached hydrogens (tertiary/aromatic N) is 1. The smallest absolute Gasteiger partial charge is 0.261 e. The number of likely N-dealkylation sites (tertiary alicyclic amines) is 1. The van der Waals surface area contributed by atoms with Crippen molar-refractivity contribution in [3.05, 3.63) is 19.2 Å². The lowest BCUT2D eigenvalue weighted by Crippen LogP contribution is -2.32. The van der Waals surface area contributed by atoms with Crippen LogP contribution in [0.1, 0.15) is 28.9 Å². The third kappa shape index (κ3) is 4.03. The van der Waals surface area contributed by atoms with Crippen LogP contribution in [-0.2, 0) is 4.79 Å². The van der Waals surface area contributed by atoms with Gasteiger partial charge in [-0.1, -0.05) is 0 Å². The van der Waals surface area contributed by atoms with Crippen LogP contribution in [0.5, 0.6) is 0 Å². The van der Waals surface area contributed by atoms with Crippen LogP contribution >= 0.6 is 43.2 Å². The molecule has 1 saturated heterocycles. The van der Waals surface area contributed by atoms with Crippen molar-refractivity contribution < 1.29 is 9.59 Å². The van der Waals surface area contributed by atoms with Crippen LogP contribution < -0.4 is 5.32 Å². The zero-order valence-electron chi connectivity index (χ0n) is 10.2. The van der Waals surface area contributed by atoms with Crippen molar-refractivity contribution in [1.29, 1.82) is 0 Å². The van der Waals surface area contributed by atoms with Crippen LogP contribution in [0.25, 0.3) is 0 Å². The number of amides is 2. The Morgan fingerprint density at radius 3 is 2.58 bits per heavy atom. The van der Waals surface area contributed by atoms with E-state index in [1.54, 1.807) is 6.07 Å². The van der Waals surface area contributed by atoms with Gasteiger partial charge in [0.1, 0.15) is 0 Å². The van der Waals surface area contributed by atoms with Gasteiger partial charge in [0, 0.05) is 30.5 Å². The summed E-state index contributed by atoms with van der Waals surface area (Å²) in [5.41, 5.74) is 0. The third-order valence-electron chi connectivity index (χ3n) is 2.95. The molecule has 0 unspecified atom stereocenters. The number of carbonyl (C=O) groups excluding carboxylic acids is 2. The minimum absolute atomic E-state index is 0.131. The summed E-state index contributed by atoms with van der Waals surface area (Å²) in [6, 6.07) is 1.77. The average Bonchev–Trinajstić information content (AvgIpc) is 3.00. The van der Waals surface area contributed by atoms with Gasteiger partial charge in [-0.15, -0.1) is 11.3 Å². The van der Waals surface area contributed by atoms with E-state index in [0.29, 0.717) is 17.8 Å². The van der Waals surface area contributed by atoms with E-state index >= 15 is 0 Å². The van der Waals surface area contributed by atoms with Crippen molar-refractivity contribution in [2.24, 2.45) is 0 Å². The van der Waals surface area contributed by atoms with E-state index in [0.717, 1.165) is 34.2 Å². The number of carbonyl (C=O) groups is 2. The van der Waals surface area contributed by atoms with Crippen molar-refractivity contribution in [2.75, 3.05) is 19.6 Å². The molecule has 2 rings (SSSR count). The summed E-state index contributed by atoms with van der Waals surface area (Å²) in [4.78, 5) is 26.1. The average molecular weight is 410 g/mol. The lowest BCUT2D eigenvalue weighted by molar-refractivity contribution is -0.129. The molecule has 0 aromatic carbocycles. The number of thiophene rings is 1. The van der Waals surface area contributed by atoms with Gasteiger partial charge in [0.15, 0.2) is 0 Å². The van der Waals surface area contributed by atoms with Crippen molar-refractivity contribution in [2.45, 2.75) is 19.3 Å². The molecule has 2 heterocycles. The maximum Gasteiger partial charge on any atom is 0.261 e. The van der Waals surface area contributed by atoms with Crippen molar-refractivity contribution in [3.63, 3.8) is 0 Å². The molecule has 0 spiro atoms. The standard InChI is InChI=1S/C12H14Br2N2O2S/c13-8-7-9(19-11(8)14)12(18)15-4-3-10(17)16-5-1-2-6-16/h7H,1-6H2,(H,15,18). The van der Waals surface area contributed by atoms with E-state index in [1.807, 2.05) is 4.90 Å². The summed E-state index contributed by atoms with van der Waals surface area (Å²) < 4.78 is 1.77. The zero-order chi connectivity index (χ0) is 13.8. The van der Waals surface area contributed by atoms with Crippen molar-refractivity contribution in [1.82, 2.24) is 10.2 Å². The van der Waals surface area contributed by atoms with E-state index in [4.69, 9.17) is 0 Å². The van der Waals surface area contributed by atoms with E-state index < -0.39 is 0 Å². The van der Waals surface area contributed by atoms with E-state index in [9.17, 15) is 9.59 Å². The first-order valence-electron chi connectivity index (χ1n) is 6.08. The molecule has 1 aliphatic rings. The van der Waals surface area contributed by atoms with Crippen LogP contribution in [0.3, 0.4) is 0 Å². The molecule has 0 saturated carbocycles. The van der Waals surface area contributed by atoms with Gasteiger partial charge in [-0.25, -0.2) is 0 Å². The molecule has 1 aromatic rings. The molecule has 0 radical (unpaired) electrons. The summed E-state index contributed by atoms with van der Waals surface area (Å²) in [7, 11) is 0. The highest BCUT2D eigenvalue weighted by atomic mass is 79.9. The highest BCUT2D eigenvalue weighted by molar-refractivity contribution is 9.13. The fraction of sp³-hybridized carbons (Fsp3) is 0.500. The maximum atomic E-state index is 11.8. The van der Waals surface area contributed by atoms with Gasteiger partial charge in [-0.2, -0.15) is 0 Å². The van der Waals surface area contributed by atoms with Gasteiger partial charge in [0.2, 0.25) is 5.91 Å². The molecule has 0 aliphatic carbocycles. The number of hydrogen-bond acceptors (Lipinski definition) is 3. The zero-order valence-corrected chi connectivity index (χ0v) is 14.2. The SMILES string of the molecule is O=C(NCCC(=O)N1CCCC1)c1cc(Br)c(Br)s1. The van der Waals surface area contributed by atoms with Crippen LogP contribution in [0, 0.1) is 0 Å². The van der Waals surface area contributed by atoms with Crippen molar-refractivity contribution in [3.8, 4) is 0 Å². The Labute approximate surface area is 132 Å². The Hall–Kier alpha value is -0.400. The number of halogens is 2. The highest BCUT2D eigenvalue weighted by Gasteiger charge is 2.18. The second-order valence-corrected chi connectivity index (χ2v) is 7.55. The first-order chi connectivity index (χ1) is 9.08. The predicted molar refractivity (Wildman–Crippen MR) is 82.5 cm³/mol. The fourth-order valence-corrected chi connectivity index (χ4v) is 3.91. The lowest BCUT2D eigenvalue weighted by Gasteiger charge is -2.14. The predicted octanol–water partition coefficient (Wildman–Crippen LogP) is 3.02. The molecule has 19 heavy (non-hydrogen) atoms. The number of rotatable bonds is 4. The van der Waals surface area contributed by atoms with Crippen LogP contribution in [0.2, 0.25) is 0 Å². The molecular weight excluding hydrogens is 396 g/mol. The van der Waals surface area contributed by atoms with Crippen molar-refractivity contribution >= 4 is 55.0 Å². The quantitative estimate of drug-likeness (QED) is 0.830. The summed E-state index contributed by atoms with van der Waals surface area (Å²) >= 11 is 8.06. The number of hydrogen-bond donors (Lipinski definition) is 1. The molecular formula is C12H14Br2N2O2S. The highest BCUT2D eigenvalue weighted by Crippen LogP contribution is 2.32. The summed E-state index contributed by atoms with van der Waals surface area (Å²) in [6.07, 6.45) is 2.56. The Bertz CT molecular complexity index is 465. The van der Waals surface area contributed by atoms with Crippen LogP contribution in [0.15, 0.2) is 14.3 Å². The summed E-state index contributed by atoms with van der Waals surface area (Å²) in [6.45, 7) is 2.11. The molecule has 4 nitrogen and oxygen atoms in total. The molecule has 0 bridgehead atoms. The second-order valence-electron chi connectivity index (χ2n) is 4.33. The molecule has 1 fully saturated rings. The monoisotopic (exact) mass is 408 g/mol.